The molecule has 0 aliphatic heterocycles. The number of esters is 1. The fraction of sp³-hybridized carbons (Fsp3) is 0. The third kappa shape index (κ3) is 4.31. The zero-order valence-electron chi connectivity index (χ0n) is 14.8. The van der Waals surface area contributed by atoms with Gasteiger partial charge in [-0.1, -0.05) is 36.4 Å². The average Bonchev–Trinajstić information content (AvgIpc) is 3.18. The average molecular weight is 500 g/mol. The first-order valence-electron chi connectivity index (χ1n) is 8.67. The molecule has 4 aromatic rings. The molecule has 4 rings (SSSR count). The fourth-order valence-electron chi connectivity index (χ4n) is 2.84. The van der Waals surface area contributed by atoms with Gasteiger partial charge in [-0.25, -0.2) is 4.79 Å². The van der Waals surface area contributed by atoms with E-state index in [0.29, 0.717) is 5.75 Å². The highest BCUT2D eigenvalue weighted by Crippen LogP contribution is 2.51. The maximum absolute atomic E-state index is 12.2. The molecule has 0 aliphatic rings. The minimum Gasteiger partial charge on any atom is -0.456 e. The van der Waals surface area contributed by atoms with Gasteiger partial charge in [-0.05, 0) is 85.8 Å². The lowest BCUT2D eigenvalue weighted by molar-refractivity contribution is 0.0701. The summed E-state index contributed by atoms with van der Waals surface area (Å²) < 4.78 is 11.5. The van der Waals surface area contributed by atoms with E-state index in [1.165, 1.54) is 20.9 Å². The summed E-state index contributed by atoms with van der Waals surface area (Å²) in [4.78, 5) is 15.9. The van der Waals surface area contributed by atoms with Gasteiger partial charge in [0.1, 0.15) is 12.0 Å². The second-order valence-electron chi connectivity index (χ2n) is 6.02. The molecule has 3 nitrogen and oxygen atoms in total. The van der Waals surface area contributed by atoms with Crippen molar-refractivity contribution in [2.45, 2.75) is 14.7 Å². The molecule has 1 aromatic heterocycles. The van der Waals surface area contributed by atoms with Crippen LogP contribution in [0.5, 0.6) is 5.75 Å². The lowest BCUT2D eigenvalue weighted by atomic mass is 10.3. The van der Waals surface area contributed by atoms with Crippen LogP contribution in [0.4, 0.5) is 0 Å². The molecule has 140 valence electrons. The van der Waals surface area contributed by atoms with Crippen molar-refractivity contribution in [2.75, 3.05) is 0 Å². The first kappa shape index (κ1) is 18.8. The van der Waals surface area contributed by atoms with E-state index in [9.17, 15) is 4.79 Å². The molecule has 0 radical (unpaired) electrons. The Morgan fingerprint density at radius 1 is 0.786 bits per heavy atom. The van der Waals surface area contributed by atoms with Gasteiger partial charge in [0.25, 0.3) is 0 Å². The minimum atomic E-state index is -0.679. The third-order valence-corrected chi connectivity index (χ3v) is 7.11. The number of carbonyl (C=O) groups is 1. The first-order chi connectivity index (χ1) is 13.7. The van der Waals surface area contributed by atoms with Crippen LogP contribution in [0.2, 0.25) is 0 Å². The van der Waals surface area contributed by atoms with Gasteiger partial charge < -0.3 is 9.15 Å². The molecule has 0 bridgehead atoms. The molecule has 0 aliphatic carbocycles. The van der Waals surface area contributed by atoms with Crippen molar-refractivity contribution in [3.63, 3.8) is 0 Å². The first-order valence-corrected chi connectivity index (χ1v) is 11.1. The van der Waals surface area contributed by atoms with E-state index in [-0.39, 0.29) is 5.76 Å². The van der Waals surface area contributed by atoms with Crippen LogP contribution in [0.25, 0.3) is 0 Å². The molecule has 28 heavy (non-hydrogen) atoms. The third-order valence-electron chi connectivity index (χ3n) is 4.10. The molecule has 0 saturated heterocycles. The largest absolute Gasteiger partial charge is 0.456 e. The molecule has 0 unspecified atom stereocenters. The summed E-state index contributed by atoms with van der Waals surface area (Å²) >= 11 is 2.09. The van der Waals surface area contributed by atoms with Gasteiger partial charge in [-0.3, -0.25) is 0 Å². The molecular weight excluding hydrogens is 483 g/mol. The zero-order valence-corrected chi connectivity index (χ0v) is 17.8. The van der Waals surface area contributed by atoms with Crippen molar-refractivity contribution in [1.82, 2.24) is 0 Å². The highest BCUT2D eigenvalue weighted by Gasteiger charge is 2.15. The van der Waals surface area contributed by atoms with Gasteiger partial charge >= 0.3 is 5.97 Å². The Morgan fingerprint density at radius 2 is 1.32 bits per heavy atom. The number of hydrogen-bond donors (Lipinski definition) is 1. The van der Waals surface area contributed by atoms with Crippen molar-refractivity contribution in [3.05, 3.63) is 107 Å². The second-order valence-corrected chi connectivity index (χ2v) is 9.48. The lowest BCUT2D eigenvalue weighted by Gasteiger charge is -2.23. The van der Waals surface area contributed by atoms with E-state index in [2.05, 4.69) is 71.1 Å². The van der Waals surface area contributed by atoms with Crippen molar-refractivity contribution < 1.29 is 13.9 Å². The van der Waals surface area contributed by atoms with Gasteiger partial charge in [0, 0.05) is 6.07 Å². The van der Waals surface area contributed by atoms with Gasteiger partial charge in [-0.15, -0.1) is 0 Å². The smallest absolute Gasteiger partial charge is 0.379 e. The second kappa shape index (κ2) is 8.67. The van der Waals surface area contributed by atoms with E-state index in [1.54, 1.807) is 6.07 Å². The number of benzene rings is 3. The maximum atomic E-state index is 12.2. The SMILES string of the molecule is O=C(Oc1ccc([SH](c2ccccc2)c2ccccc2)cc1)c1cc(I)co1. The van der Waals surface area contributed by atoms with Gasteiger partial charge in [0.15, 0.2) is 0 Å². The summed E-state index contributed by atoms with van der Waals surface area (Å²) in [5, 5.41) is 0. The Balaban J connectivity index is 1.61. The molecular formula is C23H17IO3S. The van der Waals surface area contributed by atoms with Crippen LogP contribution in [0.15, 0.2) is 116 Å². The Kier molecular flexibility index (Phi) is 5.83. The Labute approximate surface area is 179 Å². The number of thiol groups is 1. The van der Waals surface area contributed by atoms with Crippen molar-refractivity contribution in [3.8, 4) is 5.75 Å². The van der Waals surface area contributed by atoms with Crippen LogP contribution in [0, 0.1) is 3.57 Å². The number of halogens is 1. The summed E-state index contributed by atoms with van der Waals surface area (Å²) in [6, 6.07) is 30.3. The summed E-state index contributed by atoms with van der Waals surface area (Å²) in [5.74, 6) is 0.199. The van der Waals surface area contributed by atoms with Crippen LogP contribution in [0.3, 0.4) is 0 Å². The van der Waals surface area contributed by atoms with Crippen LogP contribution in [-0.4, -0.2) is 5.97 Å². The monoisotopic (exact) mass is 500 g/mol. The van der Waals surface area contributed by atoms with E-state index in [1.807, 2.05) is 36.4 Å². The molecule has 5 heteroatoms. The normalized spacial score (nSPS) is 11.1. The van der Waals surface area contributed by atoms with Crippen molar-refractivity contribution in [1.29, 1.82) is 0 Å². The number of furan rings is 1. The summed E-state index contributed by atoms with van der Waals surface area (Å²) in [6.45, 7) is 0. The predicted molar refractivity (Wildman–Crippen MR) is 119 cm³/mol. The topological polar surface area (TPSA) is 39.4 Å². The van der Waals surface area contributed by atoms with E-state index < -0.39 is 16.9 Å². The highest BCUT2D eigenvalue weighted by atomic mass is 127. The fourth-order valence-corrected chi connectivity index (χ4v) is 5.53. The van der Waals surface area contributed by atoms with Crippen molar-refractivity contribution >= 4 is 39.5 Å². The number of ether oxygens (including phenoxy) is 1. The molecule has 0 fully saturated rings. The van der Waals surface area contributed by atoms with E-state index in [4.69, 9.17) is 9.15 Å². The lowest BCUT2D eigenvalue weighted by Crippen LogP contribution is -2.07. The molecule has 0 spiro atoms. The Bertz CT molecular complexity index is 1020. The molecule has 0 atom stereocenters. The predicted octanol–water partition coefficient (Wildman–Crippen LogP) is 6.58. The van der Waals surface area contributed by atoms with E-state index in [0.717, 1.165) is 3.57 Å². The van der Waals surface area contributed by atoms with Gasteiger partial charge in [-0.2, -0.15) is 10.9 Å². The molecule has 0 amide bonds. The number of hydrogen-bond acceptors (Lipinski definition) is 3. The van der Waals surface area contributed by atoms with Gasteiger partial charge in [0.05, 0.1) is 3.57 Å². The molecule has 3 aromatic carbocycles. The number of rotatable bonds is 5. The maximum Gasteiger partial charge on any atom is 0.379 e. The highest BCUT2D eigenvalue weighted by molar-refractivity contribution is 14.1. The Hall–Kier alpha value is -2.51. The van der Waals surface area contributed by atoms with Crippen LogP contribution in [0.1, 0.15) is 10.6 Å². The van der Waals surface area contributed by atoms with Crippen LogP contribution < -0.4 is 4.74 Å². The summed E-state index contributed by atoms with van der Waals surface area (Å²) in [7, 11) is -0.679. The van der Waals surface area contributed by atoms with Crippen molar-refractivity contribution in [2.24, 2.45) is 0 Å². The number of carbonyl (C=O) groups excluding carboxylic acids is 1. The zero-order chi connectivity index (χ0) is 19.3. The summed E-state index contributed by atoms with van der Waals surface area (Å²) in [5.41, 5.74) is 0. The quantitative estimate of drug-likeness (QED) is 0.146. The van der Waals surface area contributed by atoms with E-state index >= 15 is 0 Å². The standard InChI is InChI=1S/C23H17IO3S/c24-17-15-22(26-16-17)23(25)27-18-11-13-21(14-12-18)28(19-7-3-1-4-8-19)20-9-5-2-6-10-20/h1-16,28H. The molecule has 0 saturated carbocycles. The molecule has 1 heterocycles. The minimum absolute atomic E-state index is 0.198. The van der Waals surface area contributed by atoms with Crippen LogP contribution in [-0.2, 0) is 0 Å². The summed E-state index contributed by atoms with van der Waals surface area (Å²) in [6.07, 6.45) is 1.52. The molecule has 0 N–H and O–H groups in total. The van der Waals surface area contributed by atoms with Gasteiger partial charge in [0.2, 0.25) is 5.76 Å². The van der Waals surface area contributed by atoms with Crippen LogP contribution >= 0.6 is 33.5 Å². The Morgan fingerprint density at radius 3 is 1.82 bits per heavy atom.